The van der Waals surface area contributed by atoms with Gasteiger partial charge in [0.15, 0.2) is 11.6 Å². The van der Waals surface area contributed by atoms with Crippen LogP contribution in [-0.2, 0) is 14.8 Å². The molecule has 164 valence electrons. The summed E-state index contributed by atoms with van der Waals surface area (Å²) in [6.07, 6.45) is 1.70. The third kappa shape index (κ3) is 6.86. The summed E-state index contributed by atoms with van der Waals surface area (Å²) in [7, 11) is -3.47. The minimum absolute atomic E-state index is 0.0674. The van der Waals surface area contributed by atoms with Gasteiger partial charge in [-0.05, 0) is 31.5 Å². The third-order valence-corrected chi connectivity index (χ3v) is 5.12. The van der Waals surface area contributed by atoms with Gasteiger partial charge in [-0.3, -0.25) is 9.52 Å². The van der Waals surface area contributed by atoms with Crippen molar-refractivity contribution in [2.24, 2.45) is 5.73 Å². The Hall–Kier alpha value is -2.36. The average Bonchev–Trinajstić information content (AvgIpc) is 2.62. The fourth-order valence-corrected chi connectivity index (χ4v) is 3.74. The molecule has 0 saturated heterocycles. The Kier molecular flexibility index (Phi) is 8.05. The molecule has 0 heterocycles. The van der Waals surface area contributed by atoms with E-state index in [-0.39, 0.29) is 34.7 Å². The third-order valence-electron chi connectivity index (χ3n) is 4.21. The zero-order chi connectivity index (χ0) is 22.5. The van der Waals surface area contributed by atoms with Gasteiger partial charge in [-0.25, -0.2) is 12.8 Å². The Balaban J connectivity index is 2.32. The lowest BCUT2D eigenvalue weighted by Gasteiger charge is -2.23. The van der Waals surface area contributed by atoms with E-state index in [0.29, 0.717) is 12.0 Å². The number of sulfonamides is 1. The van der Waals surface area contributed by atoms with Gasteiger partial charge in [-0.2, -0.15) is 0 Å². The SMILES string of the molecule is CC[C@@H](N[C@@H](C)CC(N)=O)c1ccc(Cl)c(Oc2cccc(NS(C)(=O)=O)c2)c1F. The maximum atomic E-state index is 15.3. The number of carbonyl (C=O) groups excluding carboxylic acids is 1. The molecule has 0 saturated carbocycles. The number of amides is 1. The van der Waals surface area contributed by atoms with Gasteiger partial charge in [0.2, 0.25) is 15.9 Å². The molecule has 0 bridgehead atoms. The highest BCUT2D eigenvalue weighted by Crippen LogP contribution is 2.37. The summed E-state index contributed by atoms with van der Waals surface area (Å²) in [6, 6.07) is 8.54. The maximum absolute atomic E-state index is 15.3. The zero-order valence-corrected chi connectivity index (χ0v) is 18.5. The number of halogens is 2. The first kappa shape index (κ1) is 23.9. The summed E-state index contributed by atoms with van der Waals surface area (Å²) < 4.78 is 46.1. The van der Waals surface area contributed by atoms with E-state index in [4.69, 9.17) is 22.1 Å². The Labute approximate surface area is 180 Å². The molecule has 2 aromatic rings. The molecule has 0 fully saturated rings. The molecule has 0 aliphatic carbocycles. The smallest absolute Gasteiger partial charge is 0.229 e. The summed E-state index contributed by atoms with van der Waals surface area (Å²) in [6.45, 7) is 3.67. The minimum atomic E-state index is -3.47. The van der Waals surface area contributed by atoms with Gasteiger partial charge in [0, 0.05) is 30.1 Å². The molecular weight excluding hydrogens is 433 g/mol. The molecule has 30 heavy (non-hydrogen) atoms. The molecule has 0 aliphatic rings. The van der Waals surface area contributed by atoms with Crippen LogP contribution >= 0.6 is 11.6 Å². The minimum Gasteiger partial charge on any atom is -0.453 e. The van der Waals surface area contributed by atoms with Crippen LogP contribution in [0.2, 0.25) is 5.02 Å². The van der Waals surface area contributed by atoms with Crippen molar-refractivity contribution in [2.75, 3.05) is 11.0 Å². The van der Waals surface area contributed by atoms with Crippen LogP contribution in [0.15, 0.2) is 36.4 Å². The van der Waals surface area contributed by atoms with Crippen molar-refractivity contribution in [1.82, 2.24) is 5.32 Å². The van der Waals surface area contributed by atoms with Gasteiger partial charge in [-0.1, -0.05) is 30.7 Å². The van der Waals surface area contributed by atoms with E-state index in [0.717, 1.165) is 6.26 Å². The molecular formula is C20H25ClFN3O4S. The molecule has 1 amide bonds. The Morgan fingerprint density at radius 3 is 2.60 bits per heavy atom. The second kappa shape index (κ2) is 10.1. The number of hydrogen-bond donors (Lipinski definition) is 3. The number of anilines is 1. The predicted octanol–water partition coefficient (Wildman–Crippen LogP) is 3.95. The maximum Gasteiger partial charge on any atom is 0.229 e. The first-order chi connectivity index (χ1) is 14.0. The van der Waals surface area contributed by atoms with Crippen LogP contribution in [0.5, 0.6) is 11.5 Å². The summed E-state index contributed by atoms with van der Waals surface area (Å²) in [5.74, 6) is -1.05. The van der Waals surface area contributed by atoms with E-state index in [1.54, 1.807) is 31.2 Å². The first-order valence-corrected chi connectivity index (χ1v) is 11.5. The van der Waals surface area contributed by atoms with E-state index in [1.165, 1.54) is 12.1 Å². The van der Waals surface area contributed by atoms with Gasteiger partial charge < -0.3 is 15.8 Å². The van der Waals surface area contributed by atoms with E-state index in [2.05, 4.69) is 10.0 Å². The van der Waals surface area contributed by atoms with Crippen molar-refractivity contribution in [3.63, 3.8) is 0 Å². The summed E-state index contributed by atoms with van der Waals surface area (Å²) >= 11 is 6.16. The molecule has 0 spiro atoms. The Morgan fingerprint density at radius 2 is 2.00 bits per heavy atom. The fourth-order valence-electron chi connectivity index (χ4n) is 3.00. The van der Waals surface area contributed by atoms with Crippen LogP contribution in [0.4, 0.5) is 10.1 Å². The van der Waals surface area contributed by atoms with E-state index in [9.17, 15) is 13.2 Å². The number of rotatable bonds is 10. The monoisotopic (exact) mass is 457 g/mol. The lowest BCUT2D eigenvalue weighted by Crippen LogP contribution is -2.34. The number of primary amides is 1. The van der Waals surface area contributed by atoms with Crippen LogP contribution in [-0.4, -0.2) is 26.6 Å². The Morgan fingerprint density at radius 1 is 1.30 bits per heavy atom. The second-order valence-electron chi connectivity index (χ2n) is 6.98. The number of carbonyl (C=O) groups is 1. The van der Waals surface area contributed by atoms with Gasteiger partial charge in [0.25, 0.3) is 0 Å². The highest BCUT2D eigenvalue weighted by molar-refractivity contribution is 7.92. The van der Waals surface area contributed by atoms with Gasteiger partial charge in [0.05, 0.1) is 17.0 Å². The van der Waals surface area contributed by atoms with Crippen LogP contribution < -0.4 is 20.5 Å². The van der Waals surface area contributed by atoms with Crippen LogP contribution in [0.1, 0.15) is 38.3 Å². The molecule has 0 aromatic heterocycles. The van der Waals surface area contributed by atoms with Crippen molar-refractivity contribution in [2.45, 2.75) is 38.8 Å². The highest BCUT2D eigenvalue weighted by atomic mass is 35.5. The van der Waals surface area contributed by atoms with Crippen LogP contribution in [0, 0.1) is 5.82 Å². The quantitative estimate of drug-likeness (QED) is 0.500. The van der Waals surface area contributed by atoms with E-state index < -0.39 is 27.8 Å². The second-order valence-corrected chi connectivity index (χ2v) is 9.14. The van der Waals surface area contributed by atoms with Crippen molar-refractivity contribution >= 4 is 33.2 Å². The predicted molar refractivity (Wildman–Crippen MR) is 116 cm³/mol. The van der Waals surface area contributed by atoms with E-state index in [1.807, 2.05) is 6.92 Å². The van der Waals surface area contributed by atoms with Crippen molar-refractivity contribution in [3.8, 4) is 11.5 Å². The van der Waals surface area contributed by atoms with Gasteiger partial charge in [-0.15, -0.1) is 0 Å². The van der Waals surface area contributed by atoms with E-state index >= 15 is 4.39 Å². The normalized spacial score (nSPS) is 13.5. The molecule has 2 aromatic carbocycles. The van der Waals surface area contributed by atoms with Crippen LogP contribution in [0.25, 0.3) is 0 Å². The largest absolute Gasteiger partial charge is 0.453 e. The standard InChI is InChI=1S/C20H25ClFN3O4S/c1-4-17(24-12(2)10-18(23)26)15-8-9-16(21)20(19(15)22)29-14-7-5-6-13(11-14)25-30(3,27)28/h5-9,11-12,17,24-25H,4,10H2,1-3H3,(H2,23,26)/t12-,17+/m0/s1. The molecule has 2 rings (SSSR count). The molecule has 2 atom stereocenters. The zero-order valence-electron chi connectivity index (χ0n) is 16.9. The molecule has 4 N–H and O–H groups in total. The summed E-state index contributed by atoms with van der Waals surface area (Å²) in [5.41, 5.74) is 5.83. The number of nitrogens with one attached hydrogen (secondary N) is 2. The summed E-state index contributed by atoms with van der Waals surface area (Å²) in [5, 5.41) is 3.25. The number of ether oxygens (including phenoxy) is 1. The lowest BCUT2D eigenvalue weighted by atomic mass is 10.0. The van der Waals surface area contributed by atoms with Crippen molar-refractivity contribution < 1.29 is 22.3 Å². The number of nitrogens with two attached hydrogens (primary N) is 1. The fraction of sp³-hybridized carbons (Fsp3) is 0.350. The lowest BCUT2D eigenvalue weighted by molar-refractivity contribution is -0.118. The molecule has 0 aliphatic heterocycles. The number of benzene rings is 2. The molecule has 10 heteroatoms. The topological polar surface area (TPSA) is 111 Å². The highest BCUT2D eigenvalue weighted by Gasteiger charge is 2.22. The molecule has 0 radical (unpaired) electrons. The molecule has 7 nitrogen and oxygen atoms in total. The Bertz CT molecular complexity index is 1020. The summed E-state index contributed by atoms with van der Waals surface area (Å²) in [4.78, 5) is 11.1. The van der Waals surface area contributed by atoms with Gasteiger partial charge in [0.1, 0.15) is 5.75 Å². The van der Waals surface area contributed by atoms with Crippen molar-refractivity contribution in [1.29, 1.82) is 0 Å². The van der Waals surface area contributed by atoms with Crippen molar-refractivity contribution in [3.05, 3.63) is 52.8 Å². The van der Waals surface area contributed by atoms with Crippen LogP contribution in [0.3, 0.4) is 0 Å². The van der Waals surface area contributed by atoms with Gasteiger partial charge >= 0.3 is 0 Å². The number of hydrogen-bond acceptors (Lipinski definition) is 5. The molecule has 0 unspecified atom stereocenters. The first-order valence-electron chi connectivity index (χ1n) is 9.28. The average molecular weight is 458 g/mol.